The van der Waals surface area contributed by atoms with E-state index >= 15 is 0 Å². The molecule has 0 spiro atoms. The zero-order valence-electron chi connectivity index (χ0n) is 14.8. The fourth-order valence-electron chi connectivity index (χ4n) is 3.41. The van der Waals surface area contributed by atoms with E-state index in [9.17, 15) is 9.18 Å². The van der Waals surface area contributed by atoms with Gasteiger partial charge in [0.15, 0.2) is 0 Å². The average molecular weight is 367 g/mol. The molecule has 1 saturated heterocycles. The van der Waals surface area contributed by atoms with Crippen LogP contribution in [0.4, 0.5) is 4.39 Å². The zero-order valence-corrected chi connectivity index (χ0v) is 14.8. The van der Waals surface area contributed by atoms with E-state index < -0.39 is 0 Å². The number of carbonyl (C=O) groups is 1. The normalized spacial score (nSPS) is 17.1. The van der Waals surface area contributed by atoms with Crippen LogP contribution in [0.1, 0.15) is 40.7 Å². The van der Waals surface area contributed by atoms with Gasteiger partial charge >= 0.3 is 0 Å². The summed E-state index contributed by atoms with van der Waals surface area (Å²) in [4.78, 5) is 27.4. The van der Waals surface area contributed by atoms with Crippen molar-refractivity contribution in [3.8, 4) is 11.4 Å². The molecule has 3 aromatic rings. The number of likely N-dealkylation sites (tertiary alicyclic amines) is 1. The Morgan fingerprint density at radius 3 is 2.85 bits per heavy atom. The summed E-state index contributed by atoms with van der Waals surface area (Å²) in [6.45, 7) is 2.91. The summed E-state index contributed by atoms with van der Waals surface area (Å²) < 4.78 is 18.2. The van der Waals surface area contributed by atoms with Crippen LogP contribution in [0.25, 0.3) is 11.4 Å². The van der Waals surface area contributed by atoms with Gasteiger partial charge in [0.2, 0.25) is 11.7 Å². The lowest BCUT2D eigenvalue weighted by molar-refractivity contribution is 0.0706. The second-order valence-corrected chi connectivity index (χ2v) is 6.56. The highest BCUT2D eigenvalue weighted by molar-refractivity contribution is 5.94. The Morgan fingerprint density at radius 1 is 1.30 bits per heavy atom. The molecule has 1 atom stereocenters. The first-order valence-corrected chi connectivity index (χ1v) is 8.77. The van der Waals surface area contributed by atoms with E-state index in [0.717, 1.165) is 24.1 Å². The van der Waals surface area contributed by atoms with E-state index in [1.807, 2.05) is 0 Å². The second-order valence-electron chi connectivity index (χ2n) is 6.56. The summed E-state index contributed by atoms with van der Waals surface area (Å²) in [6, 6.07) is 5.63. The van der Waals surface area contributed by atoms with Crippen molar-refractivity contribution < 1.29 is 13.7 Å². The number of amides is 1. The van der Waals surface area contributed by atoms with Crippen LogP contribution in [0.5, 0.6) is 0 Å². The fourth-order valence-corrected chi connectivity index (χ4v) is 3.41. The largest absolute Gasteiger partial charge is 0.339 e. The Labute approximate surface area is 155 Å². The summed E-state index contributed by atoms with van der Waals surface area (Å²) in [7, 11) is 0. The lowest BCUT2D eigenvalue weighted by Gasteiger charge is -2.33. The van der Waals surface area contributed by atoms with Crippen molar-refractivity contribution in [2.45, 2.75) is 25.7 Å². The number of piperidine rings is 1. The van der Waals surface area contributed by atoms with Crippen LogP contribution in [-0.2, 0) is 0 Å². The first-order chi connectivity index (χ1) is 13.1. The number of rotatable bonds is 3. The Balaban J connectivity index is 1.59. The van der Waals surface area contributed by atoms with Crippen LogP contribution in [0, 0.1) is 12.7 Å². The SMILES string of the molecule is Cc1nc(-c2cncnc2[C@H]2CCCN(C(=O)c3ccc(F)cc3)C2)no1. The number of hydrogen-bond acceptors (Lipinski definition) is 6. The molecule has 7 nitrogen and oxygen atoms in total. The molecule has 0 bridgehead atoms. The number of nitrogens with zero attached hydrogens (tertiary/aromatic N) is 5. The number of carbonyl (C=O) groups excluding carboxylic acids is 1. The second kappa shape index (κ2) is 7.22. The summed E-state index contributed by atoms with van der Waals surface area (Å²) in [5.41, 5.74) is 2.01. The molecule has 1 aromatic carbocycles. The van der Waals surface area contributed by atoms with Crippen LogP contribution < -0.4 is 0 Å². The van der Waals surface area contributed by atoms with Gasteiger partial charge in [0, 0.05) is 37.7 Å². The van der Waals surface area contributed by atoms with Crippen LogP contribution >= 0.6 is 0 Å². The molecule has 0 radical (unpaired) electrons. The van der Waals surface area contributed by atoms with E-state index in [0.29, 0.717) is 30.4 Å². The highest BCUT2D eigenvalue weighted by atomic mass is 19.1. The summed E-state index contributed by atoms with van der Waals surface area (Å²) in [5.74, 6) is 0.497. The van der Waals surface area contributed by atoms with Crippen LogP contribution in [0.15, 0.2) is 41.3 Å². The van der Waals surface area contributed by atoms with Gasteiger partial charge in [0.05, 0.1) is 11.3 Å². The number of aromatic nitrogens is 4. The van der Waals surface area contributed by atoms with Crippen molar-refractivity contribution in [1.82, 2.24) is 25.0 Å². The highest BCUT2D eigenvalue weighted by Gasteiger charge is 2.29. The topological polar surface area (TPSA) is 85.0 Å². The minimum atomic E-state index is -0.357. The predicted octanol–water partition coefficient (Wildman–Crippen LogP) is 2.99. The molecule has 4 rings (SSSR count). The first-order valence-electron chi connectivity index (χ1n) is 8.77. The van der Waals surface area contributed by atoms with Crippen molar-refractivity contribution in [3.05, 3.63) is 59.8 Å². The maximum atomic E-state index is 13.1. The van der Waals surface area contributed by atoms with E-state index in [1.165, 1.54) is 30.6 Å². The van der Waals surface area contributed by atoms with Gasteiger partial charge in [-0.05, 0) is 37.1 Å². The van der Waals surface area contributed by atoms with Gasteiger partial charge < -0.3 is 9.42 Å². The molecule has 0 aliphatic carbocycles. The first kappa shape index (κ1) is 17.3. The van der Waals surface area contributed by atoms with Crippen molar-refractivity contribution in [1.29, 1.82) is 0 Å². The molecule has 1 aliphatic heterocycles. The Morgan fingerprint density at radius 2 is 2.11 bits per heavy atom. The summed E-state index contributed by atoms with van der Waals surface area (Å²) >= 11 is 0. The molecular weight excluding hydrogens is 349 g/mol. The molecule has 0 unspecified atom stereocenters. The molecule has 3 heterocycles. The van der Waals surface area contributed by atoms with E-state index in [1.54, 1.807) is 18.0 Å². The molecule has 1 aliphatic rings. The number of hydrogen-bond donors (Lipinski definition) is 0. The minimum Gasteiger partial charge on any atom is -0.339 e. The van der Waals surface area contributed by atoms with E-state index in [-0.39, 0.29) is 17.6 Å². The summed E-state index contributed by atoms with van der Waals surface area (Å²) in [5, 5.41) is 3.97. The third-order valence-electron chi connectivity index (χ3n) is 4.70. The monoisotopic (exact) mass is 367 g/mol. The fraction of sp³-hybridized carbons (Fsp3) is 0.316. The van der Waals surface area contributed by atoms with E-state index in [4.69, 9.17) is 4.52 Å². The molecule has 27 heavy (non-hydrogen) atoms. The Kier molecular flexibility index (Phi) is 4.62. The van der Waals surface area contributed by atoms with Crippen LogP contribution in [0.3, 0.4) is 0 Å². The highest BCUT2D eigenvalue weighted by Crippen LogP contribution is 2.32. The number of aryl methyl sites for hydroxylation is 1. The lowest BCUT2D eigenvalue weighted by atomic mass is 9.91. The molecule has 0 N–H and O–H groups in total. The average Bonchev–Trinajstić information content (AvgIpc) is 3.14. The molecular formula is C19H18FN5O2. The van der Waals surface area contributed by atoms with Gasteiger partial charge in [-0.1, -0.05) is 5.16 Å². The Hall–Kier alpha value is -3.16. The molecule has 8 heteroatoms. The minimum absolute atomic E-state index is 0.0416. The molecule has 138 valence electrons. The maximum Gasteiger partial charge on any atom is 0.253 e. The van der Waals surface area contributed by atoms with Crippen molar-refractivity contribution >= 4 is 5.91 Å². The Bertz CT molecular complexity index is 957. The van der Waals surface area contributed by atoms with Crippen molar-refractivity contribution in [3.63, 3.8) is 0 Å². The summed E-state index contributed by atoms with van der Waals surface area (Å²) in [6.07, 6.45) is 4.92. The van der Waals surface area contributed by atoms with Crippen molar-refractivity contribution in [2.24, 2.45) is 0 Å². The van der Waals surface area contributed by atoms with Gasteiger partial charge in [0.1, 0.15) is 12.1 Å². The standard InChI is InChI=1S/C19H18FN5O2/c1-12-23-18(24-27-12)16-9-21-11-22-17(16)14-3-2-8-25(10-14)19(26)13-4-6-15(20)7-5-13/h4-7,9,11,14H,2-3,8,10H2,1H3/t14-/m0/s1. The van der Waals surface area contributed by atoms with Crippen molar-refractivity contribution in [2.75, 3.05) is 13.1 Å². The van der Waals surface area contributed by atoms with Gasteiger partial charge in [-0.15, -0.1) is 0 Å². The number of halogens is 1. The molecule has 1 amide bonds. The third-order valence-corrected chi connectivity index (χ3v) is 4.70. The van der Waals surface area contributed by atoms with Crippen LogP contribution in [0.2, 0.25) is 0 Å². The van der Waals surface area contributed by atoms with E-state index in [2.05, 4.69) is 20.1 Å². The smallest absolute Gasteiger partial charge is 0.253 e. The molecule has 0 saturated carbocycles. The molecule has 2 aromatic heterocycles. The quantitative estimate of drug-likeness (QED) is 0.707. The van der Waals surface area contributed by atoms with Gasteiger partial charge in [0.25, 0.3) is 5.91 Å². The zero-order chi connectivity index (χ0) is 18.8. The van der Waals surface area contributed by atoms with Crippen LogP contribution in [-0.4, -0.2) is 44.0 Å². The van der Waals surface area contributed by atoms with Gasteiger partial charge in [-0.3, -0.25) is 4.79 Å². The number of benzene rings is 1. The lowest BCUT2D eigenvalue weighted by Crippen LogP contribution is -2.39. The third kappa shape index (κ3) is 3.55. The predicted molar refractivity (Wildman–Crippen MR) is 94.3 cm³/mol. The van der Waals surface area contributed by atoms with Gasteiger partial charge in [-0.25, -0.2) is 14.4 Å². The molecule has 1 fully saturated rings. The maximum absolute atomic E-state index is 13.1. The van der Waals surface area contributed by atoms with Gasteiger partial charge in [-0.2, -0.15) is 4.98 Å².